The third-order valence-corrected chi connectivity index (χ3v) is 18.7. The maximum absolute atomic E-state index is 11.3. The predicted molar refractivity (Wildman–Crippen MR) is 526 cm³/mol. The standard InChI is InChI=1S/C11H12BrNO.C10H15BN2O3.C10H13BrN2O.C10H12BrNO2.C8H8BrNO2.C6H4BrNO.C4H7BrO2.B30/c1-2-3-11(14)7-6-10-5-4-9(12)8-13-10;1-13(2)10(14)6-5-9-4-3-8(7-12-9)11(15)16;1-13(2)10(14)6-5-9-4-3-8(11)7-12-9;1-2-14-10(13)6-5-9-4-3-8(11)7-12-9;9-6-1-2-7(10-5-6)3-4-8(11)12;7-5-1-2-6(4-9)8-3-5;1-2-7-4(6)3-5;1-17(2)25(18(3)4)29(26(19(5)6)20(7)8)30(27(21(9)10)22(11)12)28(23(13)14)24(15)16/h4-8H,2-3H2,1H3;3-4,7,15-16H,5-6H2,1-2H3;3-4,7H,5-6H2,1-2H3;3-4,7H,2,5-6H2,1H3;1-2,5H,3-4H2,(H,11,12);1-4H;2-3H2,1H3;/b7-6+;;;;;;;. The molecule has 0 fully saturated rings. The monoisotopic (exact) mass is 1900 g/mol. The number of hydrogen-bond donors (Lipinski definition) is 3. The Morgan fingerprint density at radius 1 is 0.405 bits per heavy atom. The molecule has 0 bridgehead atoms. The molecule has 6 heterocycles. The number of carboxylic acids is 1. The van der Waals surface area contributed by atoms with E-state index in [0.717, 1.165) is 57.3 Å². The van der Waals surface area contributed by atoms with Gasteiger partial charge in [-0.1, -0.05) is 28.9 Å². The van der Waals surface area contributed by atoms with Gasteiger partial charge >= 0.3 is 25.0 Å². The highest BCUT2D eigenvalue weighted by atomic mass is 79.9. The summed E-state index contributed by atoms with van der Waals surface area (Å²) in [6, 6.07) is 21.8. The van der Waals surface area contributed by atoms with Crippen molar-refractivity contribution < 1.29 is 58.2 Å². The van der Waals surface area contributed by atoms with Crippen molar-refractivity contribution in [2.24, 2.45) is 0 Å². The van der Waals surface area contributed by atoms with Gasteiger partial charge in [0.25, 0.3) is 0 Å². The van der Waals surface area contributed by atoms with Crippen molar-refractivity contribution in [3.63, 3.8) is 0 Å². The zero-order valence-electron chi connectivity index (χ0n) is 66.1. The van der Waals surface area contributed by atoms with Crippen LogP contribution >= 0.6 is 95.6 Å². The van der Waals surface area contributed by atoms with Gasteiger partial charge in [-0.2, -0.15) is 0 Å². The van der Waals surface area contributed by atoms with Crippen LogP contribution in [0.3, 0.4) is 0 Å². The lowest BCUT2D eigenvalue weighted by Gasteiger charge is -2.50. The maximum Gasteiger partial charge on any atom is 0.490 e. The first-order chi connectivity index (χ1) is 54.4. The second kappa shape index (κ2) is 65.8. The molecule has 32 radical (unpaired) electrons. The molecule has 6 rings (SSSR count). The molecule has 0 aromatic carbocycles. The Labute approximate surface area is 764 Å². The first-order valence-corrected chi connectivity index (χ1v) is 41.1. The molecule has 0 aliphatic rings. The van der Waals surface area contributed by atoms with Crippen LogP contribution in [0.4, 0.5) is 0 Å². The average Bonchev–Trinajstić information content (AvgIpc) is 0.764. The number of aliphatic carboxylic acids is 1. The highest BCUT2D eigenvalue weighted by Gasteiger charge is 2.52. The number of aryl methyl sites for hydroxylation is 4. The third kappa shape index (κ3) is 52.5. The number of esters is 2. The number of aldehydes is 1. The number of hydrogen-bond acceptors (Lipinski definition) is 17. The van der Waals surface area contributed by atoms with Gasteiger partial charge in [0.15, 0.2) is 12.1 Å². The van der Waals surface area contributed by atoms with Gasteiger partial charge in [0.2, 0.25) is 11.8 Å². The fourth-order valence-electron chi connectivity index (χ4n) is 10.3. The summed E-state index contributed by atoms with van der Waals surface area (Å²) in [7, 11) is 102. The van der Waals surface area contributed by atoms with E-state index in [1.54, 1.807) is 114 Å². The number of pyridine rings is 6. The van der Waals surface area contributed by atoms with Gasteiger partial charge in [0.05, 0.1) is 31.7 Å². The molecule has 3 N–H and O–H groups in total. The van der Waals surface area contributed by atoms with Crippen molar-refractivity contribution in [3.05, 3.63) is 173 Å². The molecule has 0 saturated heterocycles. The molecule has 0 aliphatic heterocycles. The van der Waals surface area contributed by atoms with Gasteiger partial charge in [0, 0.05) is 361 Å². The first-order valence-electron chi connectivity index (χ1n) is 36.0. The lowest BCUT2D eigenvalue weighted by molar-refractivity contribution is -0.143. The van der Waals surface area contributed by atoms with Crippen molar-refractivity contribution in [1.82, 2.24) is 39.7 Å². The van der Waals surface area contributed by atoms with Crippen molar-refractivity contribution in [2.45, 2.75) is 85.0 Å². The number of carboxylic acid groups (broad SMARTS) is 1. The number of amides is 2. The van der Waals surface area contributed by atoms with Gasteiger partial charge in [-0.3, -0.25) is 63.5 Å². The Hall–Kier alpha value is -3.86. The molecule has 554 valence electrons. The second-order valence-corrected chi connectivity index (χ2v) is 30.8. The van der Waals surface area contributed by atoms with Crippen molar-refractivity contribution >= 4 is 369 Å². The second-order valence-electron chi connectivity index (χ2n) is 25.6. The number of allylic oxidation sites excluding steroid dienone is 1. The minimum Gasteiger partial charge on any atom is -0.481 e. The summed E-state index contributed by atoms with van der Waals surface area (Å²) in [4.78, 5) is 103. The van der Waals surface area contributed by atoms with Crippen LogP contribution in [-0.4, -0.2) is 364 Å². The lowest BCUT2D eigenvalue weighted by atomic mass is 8.31. The minimum absolute atomic E-state index is 0.0491. The van der Waals surface area contributed by atoms with E-state index in [2.05, 4.69) is 130 Å². The minimum atomic E-state index is -1.50. The van der Waals surface area contributed by atoms with Gasteiger partial charge in [-0.25, -0.2) is 0 Å². The Balaban J connectivity index is 0. The summed E-state index contributed by atoms with van der Waals surface area (Å²) in [5.74, 6) is -0.834. The number of rotatable bonds is 34. The van der Waals surface area contributed by atoms with E-state index >= 15 is 0 Å². The first kappa shape index (κ1) is 114. The molecule has 116 heavy (non-hydrogen) atoms. The molecule has 6 aromatic rings. The number of alkyl halides is 1. The number of nitrogens with zero attached hydrogens (tertiary/aromatic N) is 8. The molecule has 0 aliphatic carbocycles. The van der Waals surface area contributed by atoms with E-state index in [0.29, 0.717) is 87.4 Å². The molecular formula is C59H71B31Br6N8O12. The quantitative estimate of drug-likeness (QED) is 0.0147. The number of carbonyl (C=O) groups is 7. The summed E-state index contributed by atoms with van der Waals surface area (Å²) in [6.07, 6.45) is 5.47. The maximum atomic E-state index is 11.3. The number of ketones is 1. The molecule has 0 unspecified atom stereocenters. The Morgan fingerprint density at radius 2 is 0.707 bits per heavy atom. The summed E-state index contributed by atoms with van der Waals surface area (Å²) >= 11 is 19.3. The van der Waals surface area contributed by atoms with E-state index < -0.39 is 102 Å². The van der Waals surface area contributed by atoms with Crippen LogP contribution in [0, 0.1) is 0 Å². The molecule has 2 amide bonds. The van der Waals surface area contributed by atoms with Crippen molar-refractivity contribution in [1.29, 1.82) is 0 Å². The molecule has 20 nitrogen and oxygen atoms in total. The van der Waals surface area contributed by atoms with Crippen LogP contribution in [0.2, 0.25) is 0 Å². The number of aromatic nitrogens is 6. The zero-order valence-corrected chi connectivity index (χ0v) is 75.6. The van der Waals surface area contributed by atoms with Crippen LogP contribution in [0.5, 0.6) is 0 Å². The van der Waals surface area contributed by atoms with Gasteiger partial charge < -0.3 is 34.4 Å². The SMILES string of the molecule is CCCC(=O)/C=C/c1ccc(Br)cn1.CCOC(=O)CBr.CCOC(=O)CCc1ccc(Br)cn1.CN(C)C(=O)CCc1ccc(B(O)O)cn1.CN(C)C(=O)CCc1ccc(Br)cn1.O=C(O)CCc1ccc(Br)cn1.O=Cc1ccc(Br)cn1.[B]B([B])B(B([B])[B])B(B(B([B])[B])B([B])[B])B(B(B([B])[B])B([B])[B])B(B([B])[B])B([B])[B]. The van der Waals surface area contributed by atoms with Crippen molar-refractivity contribution in [3.8, 4) is 0 Å². The average molecular weight is 1900 g/mol. The van der Waals surface area contributed by atoms with Gasteiger partial charge in [0.1, 0.15) is 11.0 Å². The van der Waals surface area contributed by atoms with E-state index in [1.807, 2.05) is 55.5 Å². The van der Waals surface area contributed by atoms with E-state index in [-0.39, 0.29) is 36.0 Å². The summed E-state index contributed by atoms with van der Waals surface area (Å²) in [5.41, 5.74) is 5.03. The number of halogens is 6. The summed E-state index contributed by atoms with van der Waals surface area (Å²) in [5, 5.41) is 26.4. The van der Waals surface area contributed by atoms with E-state index in [1.165, 1.54) is 11.1 Å². The smallest absolute Gasteiger partial charge is 0.481 e. The van der Waals surface area contributed by atoms with Crippen LogP contribution in [0.25, 0.3) is 6.08 Å². The Bertz CT molecular complexity index is 3650. The van der Waals surface area contributed by atoms with E-state index in [9.17, 15) is 33.6 Å². The number of carbonyl (C=O) groups excluding carboxylic acids is 6. The van der Waals surface area contributed by atoms with Crippen LogP contribution in [0.1, 0.15) is 98.3 Å². The summed E-state index contributed by atoms with van der Waals surface area (Å²) in [6.45, 7) is 6.47. The molecule has 6 aromatic heterocycles. The highest BCUT2D eigenvalue weighted by Crippen LogP contribution is 2.17. The number of ether oxygens (including phenoxy) is 2. The Morgan fingerprint density at radius 3 is 0.948 bits per heavy atom. The van der Waals surface area contributed by atoms with Gasteiger partial charge in [-0.05, 0) is 192 Å². The lowest BCUT2D eigenvalue weighted by Crippen LogP contribution is -2.88. The molecular weight excluding hydrogens is 1830 g/mol. The van der Waals surface area contributed by atoms with Crippen LogP contribution in [-0.2, 0) is 63.9 Å². The highest BCUT2D eigenvalue weighted by molar-refractivity contribution is 9.11. The molecule has 0 atom stereocenters. The van der Waals surface area contributed by atoms with Gasteiger partial charge in [-0.15, -0.1) is 0 Å². The molecule has 0 saturated carbocycles. The largest absolute Gasteiger partial charge is 0.490 e. The van der Waals surface area contributed by atoms with Crippen LogP contribution < -0.4 is 5.46 Å². The van der Waals surface area contributed by atoms with E-state index in [4.69, 9.17) is 144 Å². The fraction of sp³-hybridized carbons (Fsp3) is 0.339. The Kier molecular flexibility index (Phi) is 64.8. The third-order valence-electron chi connectivity index (χ3n) is 15.9. The normalized spacial score (nSPS) is 9.72. The predicted octanol–water partition coefficient (Wildman–Crippen LogP) is -0.748. The topological polar surface area (TPSA) is 282 Å². The van der Waals surface area contributed by atoms with Crippen molar-refractivity contribution in [2.75, 3.05) is 46.7 Å². The summed E-state index contributed by atoms with van der Waals surface area (Å²) < 4.78 is 13.9. The van der Waals surface area contributed by atoms with Crippen LogP contribution in [0.15, 0.2) is 138 Å². The zero-order chi connectivity index (χ0) is 88.9. The molecule has 57 heteroatoms. The fourth-order valence-corrected chi connectivity index (χ4v) is 11.6. The molecule has 0 spiro atoms.